The average molecular weight is 335 g/mol. The van der Waals surface area contributed by atoms with Gasteiger partial charge in [0, 0.05) is 6.92 Å². The lowest BCUT2D eigenvalue weighted by Gasteiger charge is -2.20. The summed E-state index contributed by atoms with van der Waals surface area (Å²) in [6.07, 6.45) is 2.95. The van der Waals surface area contributed by atoms with Crippen molar-refractivity contribution in [2.75, 3.05) is 17.7 Å². The highest BCUT2D eigenvalue weighted by atomic mass is 16.6. The van der Waals surface area contributed by atoms with E-state index in [1.807, 2.05) is 0 Å². The molecule has 7 nitrogen and oxygen atoms in total. The number of benzene rings is 1. The van der Waals surface area contributed by atoms with Crippen LogP contribution in [0.4, 0.5) is 16.2 Å². The fourth-order valence-electron chi connectivity index (χ4n) is 1.63. The summed E-state index contributed by atoms with van der Waals surface area (Å²) in [7, 11) is 1.50. The van der Waals surface area contributed by atoms with Crippen LogP contribution in [0.3, 0.4) is 0 Å². The summed E-state index contributed by atoms with van der Waals surface area (Å²) in [6, 6.07) is 4.99. The van der Waals surface area contributed by atoms with E-state index in [4.69, 9.17) is 4.74 Å². The SMILES string of the molecule is CC(=O)Nc1ccc(/C=C/C=O)cc1NC(=O)OC(C)(C)C.CN. The maximum atomic E-state index is 11.9. The number of rotatable bonds is 4. The maximum Gasteiger partial charge on any atom is 0.412 e. The quantitative estimate of drug-likeness (QED) is 0.579. The van der Waals surface area contributed by atoms with E-state index >= 15 is 0 Å². The van der Waals surface area contributed by atoms with Gasteiger partial charge in [-0.15, -0.1) is 0 Å². The molecular formula is C17H25N3O4. The van der Waals surface area contributed by atoms with Gasteiger partial charge in [-0.2, -0.15) is 0 Å². The number of allylic oxidation sites excluding steroid dienone is 1. The zero-order chi connectivity index (χ0) is 18.8. The van der Waals surface area contributed by atoms with Crippen LogP contribution in [0.1, 0.15) is 33.3 Å². The first-order chi connectivity index (χ1) is 11.2. The van der Waals surface area contributed by atoms with E-state index in [0.717, 1.165) is 0 Å². The monoisotopic (exact) mass is 335 g/mol. The number of amides is 2. The standard InChI is InChI=1S/C16H20N2O4.CH5N/c1-11(20)17-13-8-7-12(6-5-9-19)10-14(13)18-15(21)22-16(2,3)4;1-2/h5-10H,1-4H3,(H,17,20)(H,18,21);2H2,1H3/b6-5+;. The lowest BCUT2D eigenvalue weighted by atomic mass is 10.1. The molecule has 0 atom stereocenters. The van der Waals surface area contributed by atoms with E-state index in [9.17, 15) is 14.4 Å². The fraction of sp³-hybridized carbons (Fsp3) is 0.353. The molecule has 7 heteroatoms. The van der Waals surface area contributed by atoms with Gasteiger partial charge in [0.1, 0.15) is 11.9 Å². The number of carbonyl (C=O) groups excluding carboxylic acids is 3. The van der Waals surface area contributed by atoms with Gasteiger partial charge in [-0.3, -0.25) is 14.9 Å². The molecule has 0 saturated carbocycles. The molecule has 0 aromatic heterocycles. The highest BCUT2D eigenvalue weighted by molar-refractivity contribution is 5.97. The van der Waals surface area contributed by atoms with Crippen LogP contribution in [0.15, 0.2) is 24.3 Å². The lowest BCUT2D eigenvalue weighted by molar-refractivity contribution is -0.114. The third-order valence-electron chi connectivity index (χ3n) is 2.36. The second kappa shape index (κ2) is 10.2. The van der Waals surface area contributed by atoms with E-state index < -0.39 is 11.7 Å². The Morgan fingerprint density at radius 1 is 1.12 bits per heavy atom. The average Bonchev–Trinajstić information content (AvgIpc) is 2.47. The number of carbonyl (C=O) groups is 3. The van der Waals surface area contributed by atoms with Crippen LogP contribution in [-0.4, -0.2) is 30.9 Å². The summed E-state index contributed by atoms with van der Waals surface area (Å²) in [5, 5.41) is 5.21. The number of hydrogen-bond acceptors (Lipinski definition) is 5. The van der Waals surface area contributed by atoms with Gasteiger partial charge < -0.3 is 15.8 Å². The Kier molecular flexibility index (Phi) is 9.04. The van der Waals surface area contributed by atoms with Crippen molar-refractivity contribution in [3.05, 3.63) is 29.8 Å². The van der Waals surface area contributed by atoms with E-state index in [0.29, 0.717) is 23.2 Å². The summed E-state index contributed by atoms with van der Waals surface area (Å²) >= 11 is 0. The first-order valence-corrected chi connectivity index (χ1v) is 7.32. The topological polar surface area (TPSA) is 111 Å². The molecule has 2 amide bonds. The number of nitrogens with one attached hydrogen (secondary N) is 2. The first-order valence-electron chi connectivity index (χ1n) is 7.32. The van der Waals surface area contributed by atoms with Gasteiger partial charge in [0.05, 0.1) is 11.4 Å². The van der Waals surface area contributed by atoms with Gasteiger partial charge in [0.2, 0.25) is 5.91 Å². The lowest BCUT2D eigenvalue weighted by Crippen LogP contribution is -2.27. The summed E-state index contributed by atoms with van der Waals surface area (Å²) in [6.45, 7) is 6.64. The third kappa shape index (κ3) is 8.70. The van der Waals surface area contributed by atoms with Crippen molar-refractivity contribution in [2.24, 2.45) is 5.73 Å². The predicted molar refractivity (Wildman–Crippen MR) is 95.8 cm³/mol. The highest BCUT2D eigenvalue weighted by Crippen LogP contribution is 2.25. The number of ether oxygens (including phenoxy) is 1. The van der Waals surface area contributed by atoms with Crippen LogP contribution in [0.25, 0.3) is 6.08 Å². The van der Waals surface area contributed by atoms with Crippen LogP contribution in [0, 0.1) is 0 Å². The number of anilines is 2. The molecule has 0 aliphatic rings. The Bertz CT molecular complexity index is 604. The smallest absolute Gasteiger partial charge is 0.412 e. The zero-order valence-corrected chi connectivity index (χ0v) is 14.7. The molecular weight excluding hydrogens is 310 g/mol. The minimum atomic E-state index is -0.632. The van der Waals surface area contributed by atoms with Gasteiger partial charge in [-0.25, -0.2) is 4.79 Å². The Morgan fingerprint density at radius 3 is 2.25 bits per heavy atom. The van der Waals surface area contributed by atoms with E-state index in [1.54, 1.807) is 45.0 Å². The molecule has 24 heavy (non-hydrogen) atoms. The summed E-state index contributed by atoms with van der Waals surface area (Å²) in [5.74, 6) is -0.261. The van der Waals surface area contributed by atoms with Crippen molar-refractivity contribution in [1.29, 1.82) is 0 Å². The summed E-state index contributed by atoms with van der Waals surface area (Å²) < 4.78 is 5.19. The van der Waals surface area contributed by atoms with Crippen LogP contribution in [0.2, 0.25) is 0 Å². The van der Waals surface area contributed by atoms with Crippen LogP contribution in [0.5, 0.6) is 0 Å². The third-order valence-corrected chi connectivity index (χ3v) is 2.36. The minimum Gasteiger partial charge on any atom is -0.444 e. The van der Waals surface area contributed by atoms with Crippen molar-refractivity contribution in [1.82, 2.24) is 0 Å². The molecule has 0 aliphatic heterocycles. The molecule has 132 valence electrons. The molecule has 0 fully saturated rings. The first kappa shape index (κ1) is 21.3. The summed E-state index contributed by atoms with van der Waals surface area (Å²) in [4.78, 5) is 33.5. The summed E-state index contributed by atoms with van der Waals surface area (Å²) in [5.41, 5.74) is 5.40. The van der Waals surface area contributed by atoms with Crippen molar-refractivity contribution >= 4 is 35.7 Å². The van der Waals surface area contributed by atoms with E-state index in [2.05, 4.69) is 16.4 Å². The van der Waals surface area contributed by atoms with Gasteiger partial charge >= 0.3 is 6.09 Å². The molecule has 0 radical (unpaired) electrons. The molecule has 0 spiro atoms. The van der Waals surface area contributed by atoms with Gasteiger partial charge in [0.15, 0.2) is 0 Å². The van der Waals surface area contributed by atoms with E-state index in [-0.39, 0.29) is 5.91 Å². The minimum absolute atomic E-state index is 0.261. The van der Waals surface area contributed by atoms with Gasteiger partial charge in [0.25, 0.3) is 0 Å². The Labute approximate surface area is 142 Å². The molecule has 1 rings (SSSR count). The Balaban J connectivity index is 0.00000254. The van der Waals surface area contributed by atoms with Gasteiger partial charge in [-0.05, 0) is 51.6 Å². The van der Waals surface area contributed by atoms with Crippen LogP contribution in [-0.2, 0) is 14.3 Å². The van der Waals surface area contributed by atoms with Gasteiger partial charge in [-0.1, -0.05) is 12.1 Å². The van der Waals surface area contributed by atoms with Crippen LogP contribution < -0.4 is 16.4 Å². The van der Waals surface area contributed by atoms with Crippen LogP contribution >= 0.6 is 0 Å². The van der Waals surface area contributed by atoms with Crippen molar-refractivity contribution in [2.45, 2.75) is 33.3 Å². The molecule has 1 aromatic rings. The molecule has 0 bridgehead atoms. The molecule has 0 unspecified atom stereocenters. The molecule has 0 aliphatic carbocycles. The van der Waals surface area contributed by atoms with Crippen molar-refractivity contribution < 1.29 is 19.1 Å². The molecule has 0 heterocycles. The maximum absolute atomic E-state index is 11.9. The van der Waals surface area contributed by atoms with Crippen molar-refractivity contribution in [3.8, 4) is 0 Å². The molecule has 1 aromatic carbocycles. The molecule has 0 saturated heterocycles. The number of nitrogens with two attached hydrogens (primary N) is 1. The number of aldehydes is 1. The Hall–Kier alpha value is -2.67. The Morgan fingerprint density at radius 2 is 1.75 bits per heavy atom. The largest absolute Gasteiger partial charge is 0.444 e. The second-order valence-electron chi connectivity index (χ2n) is 5.61. The molecule has 4 N–H and O–H groups in total. The normalized spacial score (nSPS) is 10.4. The second-order valence-corrected chi connectivity index (χ2v) is 5.61. The zero-order valence-electron chi connectivity index (χ0n) is 14.7. The highest BCUT2D eigenvalue weighted by Gasteiger charge is 2.17. The van der Waals surface area contributed by atoms with Crippen molar-refractivity contribution in [3.63, 3.8) is 0 Å². The fourth-order valence-corrected chi connectivity index (χ4v) is 1.63. The number of hydrogen-bond donors (Lipinski definition) is 3. The predicted octanol–water partition coefficient (Wildman–Crippen LogP) is 2.78. The van der Waals surface area contributed by atoms with E-state index in [1.165, 1.54) is 20.0 Å².